The van der Waals surface area contributed by atoms with Crippen LogP contribution in [-0.2, 0) is 6.42 Å². The first kappa shape index (κ1) is 24.6. The molecule has 0 bridgehead atoms. The van der Waals surface area contributed by atoms with E-state index in [0.717, 1.165) is 6.92 Å². The van der Waals surface area contributed by atoms with E-state index in [1.807, 2.05) is 0 Å². The van der Waals surface area contributed by atoms with Crippen LogP contribution in [0.4, 0.5) is 13.2 Å². The summed E-state index contributed by atoms with van der Waals surface area (Å²) in [6.07, 6.45) is 5.86. The minimum absolute atomic E-state index is 0.175. The lowest BCUT2D eigenvalue weighted by molar-refractivity contribution is 0.0626. The number of carbonyl (C=O) groups is 2. The molecule has 1 unspecified atom stereocenters. The lowest BCUT2D eigenvalue weighted by atomic mass is 9.93. The highest BCUT2D eigenvalue weighted by Gasteiger charge is 2.42. The lowest BCUT2D eigenvalue weighted by Crippen LogP contribution is -2.47. The second-order valence-corrected chi connectivity index (χ2v) is 9.24. The van der Waals surface area contributed by atoms with E-state index in [1.165, 1.54) is 4.57 Å². The van der Waals surface area contributed by atoms with Crippen LogP contribution in [0.3, 0.4) is 0 Å². The van der Waals surface area contributed by atoms with Crippen LogP contribution in [0, 0.1) is 0 Å². The van der Waals surface area contributed by atoms with Gasteiger partial charge in [0.05, 0.1) is 6.04 Å². The first-order valence-electron chi connectivity index (χ1n) is 11.3. The number of carbonyl (C=O) groups excluding carboxylic acids is 2. The zero-order chi connectivity index (χ0) is 25.7. The molecule has 186 valence electrons. The quantitative estimate of drug-likeness (QED) is 0.598. The maximum absolute atomic E-state index is 14.2. The average Bonchev–Trinajstić information content (AvgIpc) is 3.18. The number of alkyl halides is 1. The Balaban J connectivity index is 1.66. The van der Waals surface area contributed by atoms with Crippen LogP contribution in [0.2, 0.25) is 0 Å². The fourth-order valence-electron chi connectivity index (χ4n) is 4.94. The highest BCUT2D eigenvalue weighted by Crippen LogP contribution is 2.38. The molecule has 0 saturated carbocycles. The molecular weight excluding hydrogens is 463 g/mol. The van der Waals surface area contributed by atoms with Gasteiger partial charge in [0.15, 0.2) is 11.4 Å². The maximum atomic E-state index is 14.2. The largest absolute Gasteiger partial charge is 0.503 e. The Morgan fingerprint density at radius 1 is 1.40 bits per heavy atom. The summed E-state index contributed by atoms with van der Waals surface area (Å²) in [5.41, 5.74) is -3.96. The number of allylic oxidation sites excluding steroid dienone is 4. The standard InChI is InChI=1S/C25H26F3N3O4/c1-4-5-6-13(2)30-12-14-7-8-18-19(21(32)22(33)20(24(30)35)31(14)18)23(34)29-11-15-16(26)9-25(3,28)10-17(15)27/h4-6,9,13-14,33H,1,7-8,10-12H2,2-3H3,(H,29,34)/b6-5-/t13-,14+,25?/m0/s1. The topological polar surface area (TPSA) is 91.6 Å². The van der Waals surface area contributed by atoms with Crippen molar-refractivity contribution in [3.8, 4) is 5.75 Å². The third-order valence-corrected chi connectivity index (χ3v) is 6.65. The number of hydrogen-bond acceptors (Lipinski definition) is 4. The van der Waals surface area contributed by atoms with E-state index in [-0.39, 0.29) is 29.0 Å². The molecule has 0 aromatic carbocycles. The van der Waals surface area contributed by atoms with E-state index in [1.54, 1.807) is 30.1 Å². The summed E-state index contributed by atoms with van der Waals surface area (Å²) in [6.45, 7) is 6.16. The molecule has 2 amide bonds. The summed E-state index contributed by atoms with van der Waals surface area (Å²) in [7, 11) is 0. The van der Waals surface area contributed by atoms with Gasteiger partial charge in [0, 0.05) is 36.8 Å². The summed E-state index contributed by atoms with van der Waals surface area (Å²) in [4.78, 5) is 40.7. The zero-order valence-electron chi connectivity index (χ0n) is 19.4. The van der Waals surface area contributed by atoms with Crippen LogP contribution in [0.25, 0.3) is 0 Å². The third-order valence-electron chi connectivity index (χ3n) is 6.65. The Morgan fingerprint density at radius 3 is 2.77 bits per heavy atom. The minimum atomic E-state index is -2.18. The molecule has 3 aliphatic rings. The van der Waals surface area contributed by atoms with Crippen LogP contribution < -0.4 is 10.7 Å². The molecule has 0 saturated heterocycles. The first-order valence-corrected chi connectivity index (χ1v) is 11.3. The van der Waals surface area contributed by atoms with Gasteiger partial charge in [0.1, 0.15) is 22.9 Å². The van der Waals surface area contributed by atoms with Crippen molar-refractivity contribution in [3.05, 3.63) is 75.3 Å². The molecule has 10 heteroatoms. The van der Waals surface area contributed by atoms with Crippen molar-refractivity contribution in [3.63, 3.8) is 0 Å². The number of rotatable bonds is 6. The predicted molar refractivity (Wildman–Crippen MR) is 123 cm³/mol. The predicted octanol–water partition coefficient (Wildman–Crippen LogP) is 3.57. The Morgan fingerprint density at radius 2 is 2.11 bits per heavy atom. The third kappa shape index (κ3) is 4.21. The highest BCUT2D eigenvalue weighted by atomic mass is 19.2. The van der Waals surface area contributed by atoms with Gasteiger partial charge in [-0.3, -0.25) is 14.4 Å². The fraction of sp³-hybridized carbons (Fsp3) is 0.400. The van der Waals surface area contributed by atoms with Crippen molar-refractivity contribution in [1.29, 1.82) is 0 Å². The molecule has 4 rings (SSSR count). The number of halogens is 3. The van der Waals surface area contributed by atoms with E-state index in [2.05, 4.69) is 11.9 Å². The van der Waals surface area contributed by atoms with Crippen molar-refractivity contribution >= 4 is 11.8 Å². The van der Waals surface area contributed by atoms with Crippen molar-refractivity contribution in [2.75, 3.05) is 13.1 Å². The molecule has 1 aromatic heterocycles. The molecule has 0 fully saturated rings. The number of amides is 2. The average molecular weight is 489 g/mol. The molecule has 7 nitrogen and oxygen atoms in total. The molecule has 2 N–H and O–H groups in total. The van der Waals surface area contributed by atoms with E-state index in [4.69, 9.17) is 0 Å². The van der Waals surface area contributed by atoms with Crippen LogP contribution in [-0.4, -0.2) is 51.2 Å². The molecule has 0 radical (unpaired) electrons. The molecule has 3 atom stereocenters. The lowest BCUT2D eigenvalue weighted by Gasteiger charge is -2.37. The summed E-state index contributed by atoms with van der Waals surface area (Å²) in [5, 5.41) is 13.0. The summed E-state index contributed by atoms with van der Waals surface area (Å²) in [5.74, 6) is -4.48. The molecule has 35 heavy (non-hydrogen) atoms. The van der Waals surface area contributed by atoms with Gasteiger partial charge in [-0.25, -0.2) is 13.2 Å². The van der Waals surface area contributed by atoms with E-state index >= 15 is 0 Å². The number of aromatic nitrogens is 1. The minimum Gasteiger partial charge on any atom is -0.503 e. The van der Waals surface area contributed by atoms with Gasteiger partial charge in [-0.15, -0.1) is 0 Å². The Kier molecular flexibility index (Phi) is 6.25. The number of nitrogens with zero attached hydrogens (tertiary/aromatic N) is 2. The summed E-state index contributed by atoms with van der Waals surface area (Å²) >= 11 is 0. The smallest absolute Gasteiger partial charge is 0.275 e. The van der Waals surface area contributed by atoms with Crippen molar-refractivity contribution in [2.45, 2.75) is 50.9 Å². The second-order valence-electron chi connectivity index (χ2n) is 9.24. The Hall–Kier alpha value is -3.56. The van der Waals surface area contributed by atoms with Gasteiger partial charge in [-0.2, -0.15) is 0 Å². The number of nitrogens with one attached hydrogen (secondary N) is 1. The molecule has 1 aromatic rings. The van der Waals surface area contributed by atoms with Crippen LogP contribution in [0.1, 0.15) is 59.3 Å². The Labute approximate surface area is 199 Å². The van der Waals surface area contributed by atoms with Gasteiger partial charge in [-0.05, 0) is 32.8 Å². The fourth-order valence-corrected chi connectivity index (χ4v) is 4.94. The van der Waals surface area contributed by atoms with Gasteiger partial charge < -0.3 is 19.9 Å². The number of hydrogen-bond donors (Lipinski definition) is 2. The Bertz CT molecular complexity index is 1280. The molecule has 1 aliphatic carbocycles. The maximum Gasteiger partial charge on any atom is 0.275 e. The van der Waals surface area contributed by atoms with Crippen molar-refractivity contribution in [2.24, 2.45) is 0 Å². The van der Waals surface area contributed by atoms with Crippen LogP contribution in [0.5, 0.6) is 5.75 Å². The van der Waals surface area contributed by atoms with Gasteiger partial charge in [0.25, 0.3) is 11.8 Å². The summed E-state index contributed by atoms with van der Waals surface area (Å²) in [6, 6.07) is -0.569. The van der Waals surface area contributed by atoms with Crippen molar-refractivity contribution < 1.29 is 27.9 Å². The zero-order valence-corrected chi connectivity index (χ0v) is 19.4. The van der Waals surface area contributed by atoms with E-state index in [0.29, 0.717) is 25.5 Å². The number of aromatic hydroxyl groups is 1. The second kappa shape index (κ2) is 8.90. The van der Waals surface area contributed by atoms with Gasteiger partial charge in [0.2, 0.25) is 5.43 Å². The van der Waals surface area contributed by atoms with Crippen LogP contribution >= 0.6 is 0 Å². The summed E-state index contributed by atoms with van der Waals surface area (Å²) < 4.78 is 43.9. The normalized spacial score (nSPS) is 24.5. The molecule has 0 spiro atoms. The molecular formula is C25H26F3N3O4. The van der Waals surface area contributed by atoms with Crippen molar-refractivity contribution in [1.82, 2.24) is 14.8 Å². The monoisotopic (exact) mass is 489 g/mol. The first-order chi connectivity index (χ1) is 16.5. The van der Waals surface area contributed by atoms with E-state index < -0.39 is 58.9 Å². The molecule has 2 aliphatic heterocycles. The SMILES string of the molecule is C=C/C=C\[C@H](C)N1C[C@H]2CCc3c(C(=O)NCC4=C(F)CC(C)(F)C=C4F)c(=O)c(O)c(n32)C1=O. The highest BCUT2D eigenvalue weighted by molar-refractivity contribution is 6.00. The number of pyridine rings is 1. The van der Waals surface area contributed by atoms with Crippen LogP contribution in [0.15, 0.2) is 52.9 Å². The van der Waals surface area contributed by atoms with E-state index in [9.17, 15) is 32.7 Å². The van der Waals surface area contributed by atoms with Gasteiger partial charge >= 0.3 is 0 Å². The molecule has 3 heterocycles. The van der Waals surface area contributed by atoms with Gasteiger partial charge in [-0.1, -0.05) is 24.8 Å².